The van der Waals surface area contributed by atoms with Crippen LogP contribution in [-0.4, -0.2) is 32.3 Å². The Morgan fingerprint density at radius 3 is 2.45 bits per heavy atom. The van der Waals surface area contributed by atoms with Gasteiger partial charge in [0.25, 0.3) is 0 Å². The van der Waals surface area contributed by atoms with Crippen molar-refractivity contribution in [3.05, 3.63) is 54.1 Å². The van der Waals surface area contributed by atoms with Crippen molar-refractivity contribution in [3.63, 3.8) is 0 Å². The van der Waals surface area contributed by atoms with Crippen molar-refractivity contribution in [2.24, 2.45) is 0 Å². The molecule has 29 heavy (non-hydrogen) atoms. The zero-order valence-corrected chi connectivity index (χ0v) is 17.4. The van der Waals surface area contributed by atoms with Crippen LogP contribution in [0.2, 0.25) is 0 Å². The SMILES string of the molecule is CCn1c(SCC(=O)Nc2cccc(C)c2)nnc1-c1cccc(NC(C)=O)c1. The van der Waals surface area contributed by atoms with Gasteiger partial charge < -0.3 is 15.2 Å². The highest BCUT2D eigenvalue weighted by Gasteiger charge is 2.15. The zero-order valence-electron chi connectivity index (χ0n) is 16.6. The van der Waals surface area contributed by atoms with Gasteiger partial charge in [0.05, 0.1) is 5.75 Å². The molecule has 0 aliphatic heterocycles. The average Bonchev–Trinajstić information content (AvgIpc) is 3.09. The molecular formula is C21H23N5O2S. The van der Waals surface area contributed by atoms with E-state index in [-0.39, 0.29) is 17.6 Å². The number of aromatic nitrogens is 3. The van der Waals surface area contributed by atoms with Crippen LogP contribution in [-0.2, 0) is 16.1 Å². The first kappa shape index (κ1) is 20.6. The monoisotopic (exact) mass is 409 g/mol. The minimum absolute atomic E-state index is 0.0968. The van der Waals surface area contributed by atoms with E-state index in [1.165, 1.54) is 18.7 Å². The Morgan fingerprint density at radius 1 is 1.03 bits per heavy atom. The van der Waals surface area contributed by atoms with Gasteiger partial charge in [-0.25, -0.2) is 0 Å². The lowest BCUT2D eigenvalue weighted by Gasteiger charge is -2.09. The third-order valence-corrected chi connectivity index (χ3v) is 5.08. The second-order valence-corrected chi connectivity index (χ2v) is 7.46. The molecule has 0 spiro atoms. The van der Waals surface area contributed by atoms with Crippen LogP contribution in [0.1, 0.15) is 19.4 Å². The molecule has 3 rings (SSSR count). The van der Waals surface area contributed by atoms with Gasteiger partial charge in [0.1, 0.15) is 0 Å². The highest BCUT2D eigenvalue weighted by molar-refractivity contribution is 7.99. The predicted molar refractivity (Wildman–Crippen MR) is 116 cm³/mol. The van der Waals surface area contributed by atoms with Crippen LogP contribution in [0.15, 0.2) is 53.7 Å². The van der Waals surface area contributed by atoms with Crippen LogP contribution in [0.3, 0.4) is 0 Å². The van der Waals surface area contributed by atoms with Gasteiger partial charge in [-0.15, -0.1) is 10.2 Å². The molecule has 0 radical (unpaired) electrons. The summed E-state index contributed by atoms with van der Waals surface area (Å²) in [6, 6.07) is 15.1. The summed E-state index contributed by atoms with van der Waals surface area (Å²) in [5.41, 5.74) is 3.42. The van der Waals surface area contributed by atoms with E-state index in [1.54, 1.807) is 0 Å². The number of aryl methyl sites for hydroxylation is 1. The van der Waals surface area contributed by atoms with Crippen LogP contribution in [0.25, 0.3) is 11.4 Å². The number of carbonyl (C=O) groups excluding carboxylic acids is 2. The summed E-state index contributed by atoms with van der Waals surface area (Å²) in [6.07, 6.45) is 0. The smallest absolute Gasteiger partial charge is 0.234 e. The molecule has 8 heteroatoms. The Kier molecular flexibility index (Phi) is 6.66. The highest BCUT2D eigenvalue weighted by atomic mass is 32.2. The molecule has 0 saturated carbocycles. The van der Waals surface area contributed by atoms with E-state index in [1.807, 2.05) is 66.9 Å². The fraction of sp³-hybridized carbons (Fsp3) is 0.238. The number of nitrogens with zero attached hydrogens (tertiary/aromatic N) is 3. The second kappa shape index (κ2) is 9.38. The number of nitrogens with one attached hydrogen (secondary N) is 2. The number of anilines is 2. The number of hydrogen-bond acceptors (Lipinski definition) is 5. The van der Waals surface area contributed by atoms with E-state index in [0.29, 0.717) is 23.2 Å². The molecule has 0 unspecified atom stereocenters. The molecular weight excluding hydrogens is 386 g/mol. The van der Waals surface area contributed by atoms with E-state index < -0.39 is 0 Å². The van der Waals surface area contributed by atoms with Crippen LogP contribution < -0.4 is 10.6 Å². The Morgan fingerprint density at radius 2 is 1.76 bits per heavy atom. The quantitative estimate of drug-likeness (QED) is 0.577. The summed E-state index contributed by atoms with van der Waals surface area (Å²) < 4.78 is 1.96. The van der Waals surface area contributed by atoms with Gasteiger partial charge in [-0.2, -0.15) is 0 Å². The Balaban J connectivity index is 1.71. The topological polar surface area (TPSA) is 88.9 Å². The predicted octanol–water partition coefficient (Wildman–Crippen LogP) is 3.96. The fourth-order valence-corrected chi connectivity index (χ4v) is 3.69. The molecule has 0 saturated heterocycles. The first-order valence-corrected chi connectivity index (χ1v) is 10.3. The standard InChI is InChI=1S/C21H23N5O2S/c1-4-26-20(16-8-6-10-18(12-16)22-15(3)27)24-25-21(26)29-13-19(28)23-17-9-5-7-14(2)11-17/h5-12H,4,13H2,1-3H3,(H,22,27)(H,23,28). The minimum Gasteiger partial charge on any atom is -0.326 e. The molecule has 7 nitrogen and oxygen atoms in total. The zero-order chi connectivity index (χ0) is 20.8. The molecule has 2 N–H and O–H groups in total. The molecule has 2 amide bonds. The van der Waals surface area contributed by atoms with Crippen molar-refractivity contribution < 1.29 is 9.59 Å². The fourth-order valence-electron chi connectivity index (χ4n) is 2.88. The van der Waals surface area contributed by atoms with Gasteiger partial charge >= 0.3 is 0 Å². The van der Waals surface area contributed by atoms with Crippen molar-refractivity contribution in [1.82, 2.24) is 14.8 Å². The van der Waals surface area contributed by atoms with Gasteiger partial charge in [0.15, 0.2) is 11.0 Å². The first-order valence-electron chi connectivity index (χ1n) is 9.27. The number of thioether (sulfide) groups is 1. The van der Waals surface area contributed by atoms with Gasteiger partial charge in [-0.1, -0.05) is 36.0 Å². The molecule has 0 aliphatic carbocycles. The maximum Gasteiger partial charge on any atom is 0.234 e. The van der Waals surface area contributed by atoms with E-state index in [2.05, 4.69) is 20.8 Å². The lowest BCUT2D eigenvalue weighted by molar-refractivity contribution is -0.114. The maximum atomic E-state index is 12.3. The third-order valence-electron chi connectivity index (χ3n) is 4.11. The number of amides is 2. The van der Waals surface area contributed by atoms with Crippen LogP contribution in [0, 0.1) is 6.92 Å². The molecule has 0 bridgehead atoms. The van der Waals surface area contributed by atoms with E-state index in [4.69, 9.17) is 0 Å². The van der Waals surface area contributed by atoms with Gasteiger partial charge in [-0.05, 0) is 43.7 Å². The number of rotatable bonds is 7. The molecule has 2 aromatic carbocycles. The number of carbonyl (C=O) groups is 2. The summed E-state index contributed by atoms with van der Waals surface area (Å²) in [6.45, 7) is 6.12. The van der Waals surface area contributed by atoms with Crippen molar-refractivity contribution in [3.8, 4) is 11.4 Å². The van der Waals surface area contributed by atoms with E-state index >= 15 is 0 Å². The normalized spacial score (nSPS) is 10.6. The Bertz CT molecular complexity index is 1030. The highest BCUT2D eigenvalue weighted by Crippen LogP contribution is 2.26. The average molecular weight is 410 g/mol. The summed E-state index contributed by atoms with van der Waals surface area (Å²) >= 11 is 1.34. The summed E-state index contributed by atoms with van der Waals surface area (Å²) in [5, 5.41) is 14.9. The number of benzene rings is 2. The third kappa shape index (κ3) is 5.45. The Labute approximate surface area is 173 Å². The summed E-state index contributed by atoms with van der Waals surface area (Å²) in [4.78, 5) is 23.6. The molecule has 1 aromatic heterocycles. The molecule has 0 aliphatic rings. The van der Waals surface area contributed by atoms with E-state index in [0.717, 1.165) is 16.8 Å². The van der Waals surface area contributed by atoms with Gasteiger partial charge in [0, 0.05) is 30.4 Å². The lowest BCUT2D eigenvalue weighted by Crippen LogP contribution is -2.14. The summed E-state index contributed by atoms with van der Waals surface area (Å²) in [5.74, 6) is 0.703. The van der Waals surface area contributed by atoms with Gasteiger partial charge in [-0.3, -0.25) is 9.59 Å². The maximum absolute atomic E-state index is 12.3. The Hall–Kier alpha value is -3.13. The van der Waals surface area contributed by atoms with Crippen molar-refractivity contribution in [2.75, 3.05) is 16.4 Å². The van der Waals surface area contributed by atoms with Gasteiger partial charge in [0.2, 0.25) is 11.8 Å². The molecule has 0 fully saturated rings. The minimum atomic E-state index is -0.130. The van der Waals surface area contributed by atoms with Crippen LogP contribution >= 0.6 is 11.8 Å². The second-order valence-electron chi connectivity index (χ2n) is 6.52. The van der Waals surface area contributed by atoms with E-state index in [9.17, 15) is 9.59 Å². The van der Waals surface area contributed by atoms with Crippen LogP contribution in [0.4, 0.5) is 11.4 Å². The van der Waals surface area contributed by atoms with Crippen molar-refractivity contribution in [1.29, 1.82) is 0 Å². The molecule has 1 heterocycles. The van der Waals surface area contributed by atoms with Crippen molar-refractivity contribution in [2.45, 2.75) is 32.5 Å². The van der Waals surface area contributed by atoms with Crippen LogP contribution in [0.5, 0.6) is 0 Å². The largest absolute Gasteiger partial charge is 0.326 e. The number of hydrogen-bond donors (Lipinski definition) is 2. The lowest BCUT2D eigenvalue weighted by atomic mass is 10.2. The molecule has 0 atom stereocenters. The first-order chi connectivity index (χ1) is 14.0. The molecule has 150 valence electrons. The van der Waals surface area contributed by atoms with Crippen molar-refractivity contribution >= 4 is 35.0 Å². The summed E-state index contributed by atoms with van der Waals surface area (Å²) in [7, 11) is 0. The molecule has 3 aromatic rings.